The highest BCUT2D eigenvalue weighted by Crippen LogP contribution is 2.33. The number of carbonyl (C=O) groups is 1. The summed E-state index contributed by atoms with van der Waals surface area (Å²) in [5, 5.41) is 0. The summed E-state index contributed by atoms with van der Waals surface area (Å²) in [5.41, 5.74) is 5.56. The van der Waals surface area contributed by atoms with Crippen LogP contribution in [0, 0.1) is 6.92 Å². The van der Waals surface area contributed by atoms with Crippen LogP contribution in [0.25, 0.3) is 11.0 Å². The van der Waals surface area contributed by atoms with Gasteiger partial charge in [-0.2, -0.15) is 0 Å². The highest BCUT2D eigenvalue weighted by Gasteiger charge is 2.34. The van der Waals surface area contributed by atoms with Gasteiger partial charge in [-0.3, -0.25) is 4.79 Å². The lowest BCUT2D eigenvalue weighted by atomic mass is 10.1. The zero-order valence-electron chi connectivity index (χ0n) is 16.5. The summed E-state index contributed by atoms with van der Waals surface area (Å²) in [6.45, 7) is 3.54. The number of fused-ring (bicyclic) bond motifs is 1. The van der Waals surface area contributed by atoms with Crippen molar-refractivity contribution in [2.24, 2.45) is 0 Å². The number of nitrogens with zero attached hydrogens (tertiary/aromatic N) is 3. The zero-order chi connectivity index (χ0) is 19.8. The third-order valence-corrected chi connectivity index (χ3v) is 5.67. The Labute approximate surface area is 170 Å². The molecule has 1 aromatic heterocycles. The number of imidazole rings is 1. The first-order valence-corrected chi connectivity index (χ1v) is 10.0. The van der Waals surface area contributed by atoms with E-state index < -0.39 is 0 Å². The van der Waals surface area contributed by atoms with Gasteiger partial charge in [-0.25, -0.2) is 4.98 Å². The van der Waals surface area contributed by atoms with E-state index in [4.69, 9.17) is 4.98 Å². The SMILES string of the molecule is Cc1cccc(Cn2c([C@H]3CC(=O)N(c4ccccc4)C3)nc3ccccc32)c1. The molecular weight excluding hydrogens is 358 g/mol. The number of aromatic nitrogens is 2. The van der Waals surface area contributed by atoms with Gasteiger partial charge in [0.15, 0.2) is 0 Å². The van der Waals surface area contributed by atoms with Crippen molar-refractivity contribution in [3.8, 4) is 0 Å². The largest absolute Gasteiger partial charge is 0.323 e. The highest BCUT2D eigenvalue weighted by atomic mass is 16.2. The summed E-state index contributed by atoms with van der Waals surface area (Å²) in [6.07, 6.45) is 0.492. The Morgan fingerprint density at radius 1 is 0.966 bits per heavy atom. The van der Waals surface area contributed by atoms with Crippen molar-refractivity contribution in [2.75, 3.05) is 11.4 Å². The van der Waals surface area contributed by atoms with Gasteiger partial charge in [-0.05, 0) is 36.8 Å². The highest BCUT2D eigenvalue weighted by molar-refractivity contribution is 5.96. The molecule has 0 spiro atoms. The minimum absolute atomic E-state index is 0.0833. The monoisotopic (exact) mass is 381 g/mol. The number of para-hydroxylation sites is 3. The fraction of sp³-hybridized carbons (Fsp3) is 0.200. The van der Waals surface area contributed by atoms with Gasteiger partial charge >= 0.3 is 0 Å². The van der Waals surface area contributed by atoms with Crippen LogP contribution in [0.1, 0.15) is 29.3 Å². The maximum Gasteiger partial charge on any atom is 0.227 e. The molecule has 4 nitrogen and oxygen atoms in total. The van der Waals surface area contributed by atoms with Crippen LogP contribution in [-0.4, -0.2) is 22.0 Å². The van der Waals surface area contributed by atoms with E-state index in [2.05, 4.69) is 54.0 Å². The second-order valence-corrected chi connectivity index (χ2v) is 7.77. The normalized spacial score (nSPS) is 16.7. The molecule has 3 aromatic carbocycles. The van der Waals surface area contributed by atoms with E-state index in [-0.39, 0.29) is 11.8 Å². The Kier molecular flexibility index (Phi) is 4.39. The van der Waals surface area contributed by atoms with E-state index in [0.717, 1.165) is 29.1 Å². The minimum Gasteiger partial charge on any atom is -0.323 e. The number of benzene rings is 3. The Balaban J connectivity index is 1.54. The topological polar surface area (TPSA) is 38.1 Å². The van der Waals surface area contributed by atoms with Crippen LogP contribution in [0.2, 0.25) is 0 Å². The van der Waals surface area contributed by atoms with Crippen molar-refractivity contribution >= 4 is 22.6 Å². The summed E-state index contributed by atoms with van der Waals surface area (Å²) in [4.78, 5) is 19.6. The number of carbonyl (C=O) groups excluding carboxylic acids is 1. The average Bonchev–Trinajstić information content (AvgIpc) is 3.30. The number of hydrogen-bond donors (Lipinski definition) is 0. The van der Waals surface area contributed by atoms with E-state index in [1.807, 2.05) is 41.3 Å². The van der Waals surface area contributed by atoms with Crippen molar-refractivity contribution in [2.45, 2.75) is 25.8 Å². The third kappa shape index (κ3) is 3.31. The molecule has 29 heavy (non-hydrogen) atoms. The van der Waals surface area contributed by atoms with E-state index in [0.29, 0.717) is 13.0 Å². The number of hydrogen-bond acceptors (Lipinski definition) is 2. The second kappa shape index (κ2) is 7.21. The van der Waals surface area contributed by atoms with Crippen LogP contribution in [0.15, 0.2) is 78.9 Å². The van der Waals surface area contributed by atoms with Crippen LogP contribution in [0.5, 0.6) is 0 Å². The lowest BCUT2D eigenvalue weighted by Gasteiger charge is -2.17. The van der Waals surface area contributed by atoms with E-state index >= 15 is 0 Å². The van der Waals surface area contributed by atoms with Gasteiger partial charge in [0.05, 0.1) is 11.0 Å². The van der Waals surface area contributed by atoms with Crippen molar-refractivity contribution in [1.82, 2.24) is 9.55 Å². The standard InChI is InChI=1S/C25H23N3O/c1-18-8-7-9-19(14-18)16-28-23-13-6-5-12-22(23)26-25(28)20-15-24(29)27(17-20)21-10-3-2-4-11-21/h2-14,20H,15-17H2,1H3/t20-/m0/s1. The third-order valence-electron chi connectivity index (χ3n) is 5.67. The van der Waals surface area contributed by atoms with Crippen molar-refractivity contribution < 1.29 is 4.79 Å². The lowest BCUT2D eigenvalue weighted by Crippen LogP contribution is -2.24. The number of anilines is 1. The second-order valence-electron chi connectivity index (χ2n) is 7.77. The molecule has 0 aliphatic carbocycles. The van der Waals surface area contributed by atoms with E-state index in [1.54, 1.807) is 0 Å². The maximum absolute atomic E-state index is 12.8. The molecule has 0 bridgehead atoms. The van der Waals surface area contributed by atoms with E-state index in [9.17, 15) is 4.79 Å². The molecule has 1 amide bonds. The van der Waals surface area contributed by atoms with Crippen LogP contribution in [-0.2, 0) is 11.3 Å². The van der Waals surface area contributed by atoms with Crippen molar-refractivity contribution in [3.63, 3.8) is 0 Å². The predicted molar refractivity (Wildman–Crippen MR) is 116 cm³/mol. The lowest BCUT2D eigenvalue weighted by molar-refractivity contribution is -0.117. The Bertz CT molecular complexity index is 1180. The summed E-state index contributed by atoms with van der Waals surface area (Å²) < 4.78 is 2.29. The molecule has 0 N–H and O–H groups in total. The molecule has 0 unspecified atom stereocenters. The van der Waals surface area contributed by atoms with Gasteiger partial charge in [0.2, 0.25) is 5.91 Å². The first kappa shape index (κ1) is 17.7. The minimum atomic E-state index is 0.0833. The van der Waals surface area contributed by atoms with Gasteiger partial charge in [0, 0.05) is 31.1 Å². The zero-order valence-corrected chi connectivity index (χ0v) is 16.5. The molecule has 1 aliphatic rings. The number of aryl methyl sites for hydroxylation is 1. The smallest absolute Gasteiger partial charge is 0.227 e. The molecule has 1 atom stereocenters. The fourth-order valence-corrected chi connectivity index (χ4v) is 4.30. The fourth-order valence-electron chi connectivity index (χ4n) is 4.30. The molecule has 0 radical (unpaired) electrons. The van der Waals surface area contributed by atoms with Gasteiger partial charge in [0.1, 0.15) is 5.82 Å². The number of rotatable bonds is 4. The van der Waals surface area contributed by atoms with Gasteiger partial charge in [-0.15, -0.1) is 0 Å². The molecule has 144 valence electrons. The van der Waals surface area contributed by atoms with Crippen LogP contribution in [0.4, 0.5) is 5.69 Å². The van der Waals surface area contributed by atoms with Gasteiger partial charge < -0.3 is 9.47 Å². The van der Waals surface area contributed by atoms with Crippen LogP contribution in [0.3, 0.4) is 0 Å². The molecule has 0 saturated carbocycles. The summed E-state index contributed by atoms with van der Waals surface area (Å²) in [7, 11) is 0. The Hall–Kier alpha value is -3.40. The molecule has 1 aliphatic heterocycles. The van der Waals surface area contributed by atoms with Crippen molar-refractivity contribution in [3.05, 3.63) is 95.8 Å². The molecule has 4 aromatic rings. The quantitative estimate of drug-likeness (QED) is 0.504. The first-order valence-electron chi connectivity index (χ1n) is 10.0. The molecule has 1 saturated heterocycles. The van der Waals surface area contributed by atoms with Crippen LogP contribution >= 0.6 is 0 Å². The number of amides is 1. The average molecular weight is 381 g/mol. The molecule has 4 heteroatoms. The molecule has 5 rings (SSSR count). The predicted octanol–water partition coefficient (Wildman–Crippen LogP) is 4.91. The Morgan fingerprint density at radius 2 is 1.76 bits per heavy atom. The summed E-state index contributed by atoms with van der Waals surface area (Å²) in [5.74, 6) is 1.25. The van der Waals surface area contributed by atoms with Gasteiger partial charge in [-0.1, -0.05) is 60.2 Å². The maximum atomic E-state index is 12.8. The molecule has 1 fully saturated rings. The summed E-state index contributed by atoms with van der Waals surface area (Å²) in [6, 6.07) is 26.7. The van der Waals surface area contributed by atoms with E-state index in [1.165, 1.54) is 11.1 Å². The van der Waals surface area contributed by atoms with Crippen molar-refractivity contribution in [1.29, 1.82) is 0 Å². The first-order chi connectivity index (χ1) is 14.2. The van der Waals surface area contributed by atoms with Gasteiger partial charge in [0.25, 0.3) is 0 Å². The summed E-state index contributed by atoms with van der Waals surface area (Å²) >= 11 is 0. The molecule has 2 heterocycles. The van der Waals surface area contributed by atoms with Crippen LogP contribution < -0.4 is 4.90 Å². The Morgan fingerprint density at radius 3 is 2.59 bits per heavy atom. The molecular formula is C25H23N3O.